The number of likely N-dealkylation sites (tertiary alicyclic amines) is 1. The number of carbonyl (C=O) groups is 1. The first-order valence-corrected chi connectivity index (χ1v) is 7.16. The molecule has 1 aliphatic rings. The molecule has 1 aliphatic heterocycles. The third kappa shape index (κ3) is 2.24. The topological polar surface area (TPSA) is 36.1 Å². The molecule has 1 aromatic heterocycles. The summed E-state index contributed by atoms with van der Waals surface area (Å²) < 4.78 is 0. The molecule has 1 N–H and O–H groups in total. The summed E-state index contributed by atoms with van der Waals surface area (Å²) in [6.45, 7) is 5.10. The van der Waals surface area contributed by atoms with Gasteiger partial charge in [-0.2, -0.15) is 0 Å². The number of aromatic amines is 1. The molecular weight excluding hydrogens is 248 g/mol. The zero-order valence-electron chi connectivity index (χ0n) is 12.0. The van der Waals surface area contributed by atoms with Crippen LogP contribution in [0.5, 0.6) is 0 Å². The highest BCUT2D eigenvalue weighted by Gasteiger charge is 2.34. The third-order valence-corrected chi connectivity index (χ3v) is 4.29. The molecular formula is C17H20N2O. The Labute approximate surface area is 119 Å². The van der Waals surface area contributed by atoms with Crippen LogP contribution in [0.2, 0.25) is 0 Å². The lowest BCUT2D eigenvalue weighted by molar-refractivity contribution is 0.0740. The number of benzene rings is 1. The van der Waals surface area contributed by atoms with Gasteiger partial charge in [0.05, 0.1) is 0 Å². The first kappa shape index (κ1) is 13.0. The zero-order chi connectivity index (χ0) is 14.1. The molecule has 3 heteroatoms. The summed E-state index contributed by atoms with van der Waals surface area (Å²) in [6, 6.07) is 12.5. The molecule has 0 saturated carbocycles. The number of carbonyl (C=O) groups excluding carboxylic acids is 1. The van der Waals surface area contributed by atoms with Crippen molar-refractivity contribution in [1.29, 1.82) is 0 Å². The van der Waals surface area contributed by atoms with Crippen LogP contribution in [0.3, 0.4) is 0 Å². The van der Waals surface area contributed by atoms with Gasteiger partial charge in [-0.15, -0.1) is 0 Å². The van der Waals surface area contributed by atoms with E-state index in [9.17, 15) is 4.79 Å². The lowest BCUT2D eigenvalue weighted by Gasteiger charge is -2.20. The van der Waals surface area contributed by atoms with Crippen LogP contribution in [0.25, 0.3) is 0 Å². The monoisotopic (exact) mass is 268 g/mol. The Morgan fingerprint density at radius 3 is 2.75 bits per heavy atom. The first-order chi connectivity index (χ1) is 9.66. The molecule has 1 saturated heterocycles. The molecule has 20 heavy (non-hydrogen) atoms. The van der Waals surface area contributed by atoms with Gasteiger partial charge in [-0.25, -0.2) is 0 Å². The van der Waals surface area contributed by atoms with Crippen LogP contribution in [-0.2, 0) is 0 Å². The highest BCUT2D eigenvalue weighted by molar-refractivity contribution is 5.92. The van der Waals surface area contributed by atoms with Gasteiger partial charge in [0.15, 0.2) is 0 Å². The molecule has 1 amide bonds. The fraction of sp³-hybridized carbons (Fsp3) is 0.353. The molecule has 104 valence electrons. The van der Waals surface area contributed by atoms with Crippen molar-refractivity contribution in [2.75, 3.05) is 6.54 Å². The Morgan fingerprint density at radius 1 is 1.25 bits per heavy atom. The molecule has 1 aromatic carbocycles. The molecule has 2 heterocycles. The largest absolute Gasteiger partial charge is 0.357 e. The number of aryl methyl sites for hydroxylation is 1. The molecule has 2 atom stereocenters. The summed E-state index contributed by atoms with van der Waals surface area (Å²) in [7, 11) is 0. The highest BCUT2D eigenvalue weighted by Crippen LogP contribution is 2.33. The van der Waals surface area contributed by atoms with Gasteiger partial charge < -0.3 is 9.88 Å². The van der Waals surface area contributed by atoms with Crippen LogP contribution in [0.4, 0.5) is 0 Å². The van der Waals surface area contributed by atoms with Crippen molar-refractivity contribution in [2.45, 2.75) is 32.2 Å². The maximum absolute atomic E-state index is 12.5. The van der Waals surface area contributed by atoms with Crippen LogP contribution in [0.15, 0.2) is 42.6 Å². The minimum atomic E-state index is 0.110. The van der Waals surface area contributed by atoms with Gasteiger partial charge in [0, 0.05) is 24.7 Å². The Bertz CT molecular complexity index is 603. The average Bonchev–Trinajstić information content (AvgIpc) is 3.08. The van der Waals surface area contributed by atoms with Crippen molar-refractivity contribution in [3.63, 3.8) is 0 Å². The summed E-state index contributed by atoms with van der Waals surface area (Å²) in [5.74, 6) is 0.559. The van der Waals surface area contributed by atoms with Crippen molar-refractivity contribution in [3.8, 4) is 0 Å². The molecule has 0 spiro atoms. The lowest BCUT2D eigenvalue weighted by Crippen LogP contribution is -2.34. The van der Waals surface area contributed by atoms with Gasteiger partial charge in [0.1, 0.15) is 5.69 Å². The number of rotatable bonds is 2. The number of H-pyrrole nitrogens is 1. The Hall–Kier alpha value is -2.03. The van der Waals surface area contributed by atoms with Crippen molar-refractivity contribution >= 4 is 5.91 Å². The maximum atomic E-state index is 12.5. The smallest absolute Gasteiger partial charge is 0.270 e. The maximum Gasteiger partial charge on any atom is 0.270 e. The second-order valence-corrected chi connectivity index (χ2v) is 5.68. The Balaban J connectivity index is 1.81. The molecule has 2 aromatic rings. The number of nitrogens with zero attached hydrogens (tertiary/aromatic N) is 1. The van der Waals surface area contributed by atoms with Gasteiger partial charge in [-0.05, 0) is 43.5 Å². The second kappa shape index (κ2) is 5.16. The van der Waals surface area contributed by atoms with E-state index in [2.05, 4.69) is 43.1 Å². The van der Waals surface area contributed by atoms with Crippen LogP contribution in [0.1, 0.15) is 40.9 Å². The van der Waals surface area contributed by atoms with E-state index in [1.807, 2.05) is 17.0 Å². The fourth-order valence-electron chi connectivity index (χ4n) is 3.20. The summed E-state index contributed by atoms with van der Waals surface area (Å²) in [5, 5.41) is 0. The van der Waals surface area contributed by atoms with E-state index in [1.165, 1.54) is 11.1 Å². The number of hydrogen-bond acceptors (Lipinski definition) is 1. The van der Waals surface area contributed by atoms with Crippen molar-refractivity contribution < 1.29 is 4.79 Å². The zero-order valence-corrected chi connectivity index (χ0v) is 12.0. The summed E-state index contributed by atoms with van der Waals surface area (Å²) in [6.07, 6.45) is 2.84. The Kier molecular flexibility index (Phi) is 3.35. The van der Waals surface area contributed by atoms with E-state index in [0.717, 1.165) is 13.0 Å². The van der Waals surface area contributed by atoms with Crippen molar-refractivity contribution in [2.24, 2.45) is 0 Å². The molecule has 3 nitrogen and oxygen atoms in total. The van der Waals surface area contributed by atoms with E-state index >= 15 is 0 Å². The quantitative estimate of drug-likeness (QED) is 0.891. The SMILES string of the molecule is Cc1ccccc1[C@H]1C[C@@H](C)N(C(=O)c2ccc[nH]2)C1. The van der Waals surface area contributed by atoms with E-state index in [4.69, 9.17) is 0 Å². The summed E-state index contributed by atoms with van der Waals surface area (Å²) in [4.78, 5) is 17.5. The molecule has 0 unspecified atom stereocenters. The summed E-state index contributed by atoms with van der Waals surface area (Å²) >= 11 is 0. The van der Waals surface area contributed by atoms with Crippen LogP contribution >= 0.6 is 0 Å². The van der Waals surface area contributed by atoms with Crippen molar-refractivity contribution in [3.05, 3.63) is 59.4 Å². The number of aromatic nitrogens is 1. The predicted molar refractivity (Wildman–Crippen MR) is 79.8 cm³/mol. The van der Waals surface area contributed by atoms with Gasteiger partial charge >= 0.3 is 0 Å². The third-order valence-electron chi connectivity index (χ3n) is 4.29. The molecule has 0 aliphatic carbocycles. The van der Waals surface area contributed by atoms with Crippen LogP contribution < -0.4 is 0 Å². The predicted octanol–water partition coefficient (Wildman–Crippen LogP) is 3.34. The van der Waals surface area contributed by atoms with Crippen LogP contribution in [0, 0.1) is 6.92 Å². The normalized spacial score (nSPS) is 22.2. The van der Waals surface area contributed by atoms with Gasteiger partial charge in [0.2, 0.25) is 0 Å². The van der Waals surface area contributed by atoms with E-state index in [-0.39, 0.29) is 11.9 Å². The van der Waals surface area contributed by atoms with Gasteiger partial charge in [-0.3, -0.25) is 4.79 Å². The molecule has 0 radical (unpaired) electrons. The molecule has 0 bridgehead atoms. The lowest BCUT2D eigenvalue weighted by atomic mass is 9.93. The highest BCUT2D eigenvalue weighted by atomic mass is 16.2. The standard InChI is InChI=1S/C17H20N2O/c1-12-6-3-4-7-15(12)14-10-13(2)19(11-14)17(20)16-8-5-9-18-16/h3-9,13-14,18H,10-11H2,1-2H3/t13-,14+/m1/s1. The second-order valence-electron chi connectivity index (χ2n) is 5.68. The molecule has 3 rings (SSSR count). The Morgan fingerprint density at radius 2 is 2.05 bits per heavy atom. The van der Waals surface area contributed by atoms with E-state index in [1.54, 1.807) is 6.20 Å². The van der Waals surface area contributed by atoms with Crippen molar-refractivity contribution in [1.82, 2.24) is 9.88 Å². The average molecular weight is 268 g/mol. The number of hydrogen-bond donors (Lipinski definition) is 1. The molecule has 1 fully saturated rings. The number of amides is 1. The number of nitrogens with one attached hydrogen (secondary N) is 1. The van der Waals surface area contributed by atoms with Gasteiger partial charge in [0.25, 0.3) is 5.91 Å². The van der Waals surface area contributed by atoms with E-state index < -0.39 is 0 Å². The minimum Gasteiger partial charge on any atom is -0.357 e. The minimum absolute atomic E-state index is 0.110. The van der Waals surface area contributed by atoms with Gasteiger partial charge in [-0.1, -0.05) is 24.3 Å². The van der Waals surface area contributed by atoms with E-state index in [0.29, 0.717) is 11.6 Å². The fourth-order valence-corrected chi connectivity index (χ4v) is 3.20. The summed E-state index contributed by atoms with van der Waals surface area (Å²) in [5.41, 5.74) is 3.38. The first-order valence-electron chi connectivity index (χ1n) is 7.16. The van der Waals surface area contributed by atoms with Crippen LogP contribution in [-0.4, -0.2) is 28.4 Å².